The summed E-state index contributed by atoms with van der Waals surface area (Å²) in [4.78, 5) is 4.63. The van der Waals surface area contributed by atoms with Crippen LogP contribution >= 0.6 is 0 Å². The van der Waals surface area contributed by atoms with Crippen LogP contribution in [0.3, 0.4) is 0 Å². The van der Waals surface area contributed by atoms with E-state index in [0.29, 0.717) is 6.04 Å². The number of hydrogen-bond donors (Lipinski definition) is 1. The molecule has 1 aliphatic heterocycles. The van der Waals surface area contributed by atoms with Crippen molar-refractivity contribution in [3.63, 3.8) is 0 Å². The van der Waals surface area contributed by atoms with Gasteiger partial charge in [-0.3, -0.25) is 0 Å². The van der Waals surface area contributed by atoms with E-state index in [1.54, 1.807) is 7.11 Å². The zero-order valence-electron chi connectivity index (χ0n) is 10.9. The molecular formula is C15H18N2O. The molecule has 0 aliphatic carbocycles. The van der Waals surface area contributed by atoms with Crippen LogP contribution in [-0.4, -0.2) is 18.6 Å². The molecule has 3 heteroatoms. The van der Waals surface area contributed by atoms with Gasteiger partial charge in [0, 0.05) is 17.1 Å². The van der Waals surface area contributed by atoms with Gasteiger partial charge in [0.25, 0.3) is 0 Å². The van der Waals surface area contributed by atoms with Gasteiger partial charge in [-0.1, -0.05) is 12.1 Å². The second kappa shape index (κ2) is 4.58. The number of ether oxygens (including phenoxy) is 1. The van der Waals surface area contributed by atoms with E-state index in [-0.39, 0.29) is 0 Å². The molecule has 2 aromatic rings. The van der Waals surface area contributed by atoms with Crippen molar-refractivity contribution >= 4 is 10.9 Å². The smallest absolute Gasteiger partial charge is 0.145 e. The molecule has 0 radical (unpaired) electrons. The van der Waals surface area contributed by atoms with Crippen LogP contribution in [0.1, 0.15) is 30.1 Å². The zero-order valence-corrected chi connectivity index (χ0v) is 10.9. The molecule has 0 amide bonds. The van der Waals surface area contributed by atoms with Gasteiger partial charge >= 0.3 is 0 Å². The minimum absolute atomic E-state index is 0.461. The first kappa shape index (κ1) is 11.5. The maximum Gasteiger partial charge on any atom is 0.145 e. The molecule has 3 nitrogen and oxygen atoms in total. The van der Waals surface area contributed by atoms with Crippen molar-refractivity contribution in [3.8, 4) is 5.75 Å². The van der Waals surface area contributed by atoms with E-state index in [4.69, 9.17) is 4.74 Å². The summed E-state index contributed by atoms with van der Waals surface area (Å²) in [7, 11) is 1.70. The van der Waals surface area contributed by atoms with Crippen LogP contribution in [0.15, 0.2) is 24.3 Å². The first-order valence-electron chi connectivity index (χ1n) is 6.47. The third-order valence-corrected chi connectivity index (χ3v) is 3.65. The van der Waals surface area contributed by atoms with E-state index in [9.17, 15) is 0 Å². The normalized spacial score (nSPS) is 19.3. The molecule has 1 aromatic carbocycles. The van der Waals surface area contributed by atoms with E-state index in [2.05, 4.69) is 28.5 Å². The lowest BCUT2D eigenvalue weighted by molar-refractivity contribution is 0.418. The Bertz CT molecular complexity index is 574. The van der Waals surface area contributed by atoms with Gasteiger partial charge in [-0.15, -0.1) is 0 Å². The molecule has 94 valence electrons. The van der Waals surface area contributed by atoms with Gasteiger partial charge in [0.1, 0.15) is 11.3 Å². The summed E-state index contributed by atoms with van der Waals surface area (Å²) in [6, 6.07) is 8.89. The molecule has 1 unspecified atom stereocenters. The van der Waals surface area contributed by atoms with Crippen LogP contribution in [0, 0.1) is 6.92 Å². The number of benzene rings is 1. The Morgan fingerprint density at radius 2 is 2.17 bits per heavy atom. The van der Waals surface area contributed by atoms with Gasteiger partial charge < -0.3 is 10.1 Å². The highest BCUT2D eigenvalue weighted by atomic mass is 16.5. The molecule has 0 bridgehead atoms. The Morgan fingerprint density at radius 1 is 1.28 bits per heavy atom. The van der Waals surface area contributed by atoms with Crippen LogP contribution in [0.2, 0.25) is 0 Å². The maximum atomic E-state index is 5.42. The highest BCUT2D eigenvalue weighted by Gasteiger charge is 2.19. The Morgan fingerprint density at radius 3 is 2.89 bits per heavy atom. The summed E-state index contributed by atoms with van der Waals surface area (Å²) in [5.74, 6) is 0.857. The largest absolute Gasteiger partial charge is 0.494 e. The highest BCUT2D eigenvalue weighted by Crippen LogP contribution is 2.33. The van der Waals surface area contributed by atoms with E-state index < -0.39 is 0 Å². The average molecular weight is 242 g/mol. The Hall–Kier alpha value is -1.61. The molecular weight excluding hydrogens is 224 g/mol. The van der Waals surface area contributed by atoms with Gasteiger partial charge in [-0.25, -0.2) is 4.98 Å². The third-order valence-electron chi connectivity index (χ3n) is 3.65. The number of methoxy groups -OCH3 is 1. The highest BCUT2D eigenvalue weighted by molar-refractivity contribution is 5.88. The molecule has 1 fully saturated rings. The van der Waals surface area contributed by atoms with Crippen LogP contribution in [0.25, 0.3) is 10.9 Å². The van der Waals surface area contributed by atoms with Crippen molar-refractivity contribution in [2.75, 3.05) is 13.7 Å². The molecule has 1 aliphatic rings. The van der Waals surface area contributed by atoms with E-state index in [1.165, 1.54) is 23.8 Å². The Kier molecular flexibility index (Phi) is 2.92. The fraction of sp³-hybridized carbons (Fsp3) is 0.400. The number of nitrogens with zero attached hydrogens (tertiary/aromatic N) is 1. The Balaban J connectivity index is 2.21. The molecule has 1 atom stereocenters. The van der Waals surface area contributed by atoms with Gasteiger partial charge in [0.05, 0.1) is 7.11 Å². The number of nitrogens with one attached hydrogen (secondary N) is 1. The predicted octanol–water partition coefficient (Wildman–Crippen LogP) is 2.98. The average Bonchev–Trinajstić information content (AvgIpc) is 2.91. The second-order valence-electron chi connectivity index (χ2n) is 4.85. The predicted molar refractivity (Wildman–Crippen MR) is 73.0 cm³/mol. The number of pyridine rings is 1. The van der Waals surface area contributed by atoms with Gasteiger partial charge in [-0.2, -0.15) is 0 Å². The molecule has 1 N–H and O–H groups in total. The molecule has 0 spiro atoms. The lowest BCUT2D eigenvalue weighted by atomic mass is 9.99. The molecule has 1 aromatic heterocycles. The van der Waals surface area contributed by atoms with E-state index in [1.807, 2.05) is 13.0 Å². The summed E-state index contributed by atoms with van der Waals surface area (Å²) in [5.41, 5.74) is 3.34. The lowest BCUT2D eigenvalue weighted by Gasteiger charge is -2.15. The van der Waals surface area contributed by atoms with Crippen molar-refractivity contribution in [1.82, 2.24) is 10.3 Å². The van der Waals surface area contributed by atoms with E-state index >= 15 is 0 Å². The minimum atomic E-state index is 0.461. The van der Waals surface area contributed by atoms with Gasteiger partial charge in [0.2, 0.25) is 0 Å². The van der Waals surface area contributed by atoms with Gasteiger partial charge in [0.15, 0.2) is 0 Å². The number of hydrogen-bond acceptors (Lipinski definition) is 3. The van der Waals surface area contributed by atoms with Crippen LogP contribution in [-0.2, 0) is 0 Å². The molecule has 0 saturated carbocycles. The van der Waals surface area contributed by atoms with Crippen molar-refractivity contribution < 1.29 is 4.74 Å². The minimum Gasteiger partial charge on any atom is -0.494 e. The summed E-state index contributed by atoms with van der Waals surface area (Å²) < 4.78 is 5.42. The van der Waals surface area contributed by atoms with Crippen LogP contribution < -0.4 is 10.1 Å². The number of fused-ring (bicyclic) bond motifs is 1. The quantitative estimate of drug-likeness (QED) is 0.879. The van der Waals surface area contributed by atoms with Crippen molar-refractivity contribution in [3.05, 3.63) is 35.5 Å². The molecule has 3 rings (SSSR count). The molecule has 1 saturated heterocycles. The van der Waals surface area contributed by atoms with Gasteiger partial charge in [-0.05, 0) is 44.0 Å². The molecule has 18 heavy (non-hydrogen) atoms. The van der Waals surface area contributed by atoms with Crippen molar-refractivity contribution in [2.45, 2.75) is 25.8 Å². The standard InChI is InChI=1S/C15H18N2O/c1-10-5-6-12-11(13-4-3-9-16-13)7-8-14(18-2)15(12)17-10/h5-8,13,16H,3-4,9H2,1-2H3. The summed E-state index contributed by atoms with van der Waals surface area (Å²) in [6.07, 6.45) is 2.45. The maximum absolute atomic E-state index is 5.42. The first-order valence-corrected chi connectivity index (χ1v) is 6.47. The van der Waals surface area contributed by atoms with Crippen molar-refractivity contribution in [2.24, 2.45) is 0 Å². The number of aromatic nitrogens is 1. The monoisotopic (exact) mass is 242 g/mol. The third kappa shape index (κ3) is 1.85. The topological polar surface area (TPSA) is 34.1 Å². The van der Waals surface area contributed by atoms with Crippen molar-refractivity contribution in [1.29, 1.82) is 0 Å². The first-order chi connectivity index (χ1) is 8.79. The summed E-state index contributed by atoms with van der Waals surface area (Å²) in [5, 5.41) is 4.76. The van der Waals surface area contributed by atoms with Crippen LogP contribution in [0.5, 0.6) is 5.75 Å². The lowest BCUT2D eigenvalue weighted by Crippen LogP contribution is -2.13. The second-order valence-corrected chi connectivity index (χ2v) is 4.85. The number of aryl methyl sites for hydroxylation is 1. The Labute approximate surface area is 107 Å². The summed E-state index contributed by atoms with van der Waals surface area (Å²) in [6.45, 7) is 3.12. The SMILES string of the molecule is COc1ccc(C2CCCN2)c2ccc(C)nc12. The zero-order chi connectivity index (χ0) is 12.5. The molecule has 2 heterocycles. The fourth-order valence-corrected chi connectivity index (χ4v) is 2.73. The number of rotatable bonds is 2. The fourth-order valence-electron chi connectivity index (χ4n) is 2.73. The summed E-state index contributed by atoms with van der Waals surface area (Å²) >= 11 is 0. The van der Waals surface area contributed by atoms with E-state index in [0.717, 1.165) is 23.5 Å². The van der Waals surface area contributed by atoms with Crippen LogP contribution in [0.4, 0.5) is 0 Å².